The number of ether oxygens (including phenoxy) is 1. The molecule has 0 unspecified atom stereocenters. The van der Waals surface area contributed by atoms with Crippen molar-refractivity contribution >= 4 is 17.9 Å². The standard InChI is InChI=1S/C31H35N7O4/c1-30(2,3)42-29(41)33-25(28(40)32-20-19-26-35-37-38-36-26)21-27(39)34-31(22-13-7-4-8-14-22,23-15-9-5-10-16-23)24-17-11-6-12-18-24/h4-18,25H,19-21H2,1-3H3,(H,32,40)(H,33,41)(H,34,39)(H,35,36,37,38)/t25-/m1/s1. The average molecular weight is 570 g/mol. The molecule has 3 aromatic carbocycles. The fraction of sp³-hybridized carbons (Fsp3) is 0.290. The van der Waals surface area contributed by atoms with Crippen molar-refractivity contribution in [1.82, 2.24) is 36.6 Å². The molecule has 0 aliphatic rings. The highest BCUT2D eigenvalue weighted by Crippen LogP contribution is 2.36. The molecule has 1 aromatic heterocycles. The molecule has 0 aliphatic heterocycles. The number of nitrogens with one attached hydrogen (secondary N) is 4. The van der Waals surface area contributed by atoms with Crippen molar-refractivity contribution in [3.63, 3.8) is 0 Å². The second kappa shape index (κ2) is 13.5. The Kier molecular flexibility index (Phi) is 9.64. The van der Waals surface area contributed by atoms with E-state index < -0.39 is 35.1 Å². The molecule has 0 fully saturated rings. The van der Waals surface area contributed by atoms with Gasteiger partial charge in [-0.25, -0.2) is 4.79 Å². The first kappa shape index (κ1) is 29.9. The van der Waals surface area contributed by atoms with E-state index in [-0.39, 0.29) is 13.0 Å². The van der Waals surface area contributed by atoms with Gasteiger partial charge in [0.15, 0.2) is 5.82 Å². The van der Waals surface area contributed by atoms with E-state index in [2.05, 4.69) is 36.6 Å². The molecule has 0 spiro atoms. The zero-order valence-electron chi connectivity index (χ0n) is 23.8. The number of rotatable bonds is 11. The number of carbonyl (C=O) groups excluding carboxylic acids is 3. The Labute approximate surface area is 244 Å². The van der Waals surface area contributed by atoms with Gasteiger partial charge in [0, 0.05) is 13.0 Å². The zero-order chi connectivity index (χ0) is 30.0. The number of aromatic amines is 1. The highest BCUT2D eigenvalue weighted by molar-refractivity contribution is 5.91. The van der Waals surface area contributed by atoms with Gasteiger partial charge in [0.1, 0.15) is 17.2 Å². The highest BCUT2D eigenvalue weighted by atomic mass is 16.6. The summed E-state index contributed by atoms with van der Waals surface area (Å²) in [6.45, 7) is 5.32. The number of tetrazole rings is 1. The first-order valence-electron chi connectivity index (χ1n) is 13.6. The smallest absolute Gasteiger partial charge is 0.408 e. The van der Waals surface area contributed by atoms with Crippen LogP contribution in [0.25, 0.3) is 0 Å². The summed E-state index contributed by atoms with van der Waals surface area (Å²) in [4.78, 5) is 39.9. The van der Waals surface area contributed by atoms with Gasteiger partial charge in [0.25, 0.3) is 0 Å². The number of carbonyl (C=O) groups is 3. The van der Waals surface area contributed by atoms with E-state index in [0.717, 1.165) is 16.7 Å². The minimum absolute atomic E-state index is 0.175. The van der Waals surface area contributed by atoms with Gasteiger partial charge >= 0.3 is 6.09 Å². The maximum absolute atomic E-state index is 13.9. The minimum atomic E-state index is -1.22. The van der Waals surface area contributed by atoms with Crippen molar-refractivity contribution in [3.8, 4) is 0 Å². The third-order valence-corrected chi connectivity index (χ3v) is 6.38. The molecular weight excluding hydrogens is 534 g/mol. The molecule has 42 heavy (non-hydrogen) atoms. The molecule has 0 saturated heterocycles. The number of hydrogen-bond donors (Lipinski definition) is 4. The van der Waals surface area contributed by atoms with Crippen molar-refractivity contribution in [2.75, 3.05) is 6.54 Å². The topological polar surface area (TPSA) is 151 Å². The number of amides is 3. The largest absolute Gasteiger partial charge is 0.444 e. The molecule has 1 atom stereocenters. The van der Waals surface area contributed by atoms with E-state index in [1.54, 1.807) is 20.8 Å². The van der Waals surface area contributed by atoms with Crippen LogP contribution in [-0.4, -0.2) is 56.7 Å². The van der Waals surface area contributed by atoms with Crippen LogP contribution in [-0.2, 0) is 26.3 Å². The summed E-state index contributed by atoms with van der Waals surface area (Å²) in [6.07, 6.45) is -0.845. The summed E-state index contributed by atoms with van der Waals surface area (Å²) in [5.74, 6) is -0.590. The van der Waals surface area contributed by atoms with Crippen molar-refractivity contribution < 1.29 is 19.1 Å². The number of alkyl carbamates (subject to hydrolysis) is 1. The summed E-state index contributed by atoms with van der Waals surface area (Å²) in [6, 6.07) is 27.6. The predicted molar refractivity (Wildman–Crippen MR) is 156 cm³/mol. The van der Waals surface area contributed by atoms with Crippen LogP contribution in [0.3, 0.4) is 0 Å². The number of aromatic nitrogens is 4. The second-order valence-electron chi connectivity index (χ2n) is 10.7. The van der Waals surface area contributed by atoms with Crippen molar-refractivity contribution in [3.05, 3.63) is 114 Å². The Balaban J connectivity index is 1.63. The van der Waals surface area contributed by atoms with E-state index in [0.29, 0.717) is 12.2 Å². The molecule has 4 rings (SSSR count). The van der Waals surface area contributed by atoms with Crippen LogP contribution in [0.5, 0.6) is 0 Å². The van der Waals surface area contributed by atoms with E-state index in [1.807, 2.05) is 91.0 Å². The van der Waals surface area contributed by atoms with Gasteiger partial charge in [-0.3, -0.25) is 9.59 Å². The molecule has 0 bridgehead atoms. The minimum Gasteiger partial charge on any atom is -0.444 e. The molecule has 1 heterocycles. The molecule has 218 valence electrons. The maximum atomic E-state index is 13.9. The SMILES string of the molecule is CC(C)(C)OC(=O)N[C@H](CC(=O)NC(c1ccccc1)(c1ccccc1)c1ccccc1)C(=O)NCCc1nn[nH]n1. The molecular formula is C31H35N7O4. The first-order valence-corrected chi connectivity index (χ1v) is 13.6. The number of nitrogens with zero attached hydrogens (tertiary/aromatic N) is 3. The van der Waals surface area contributed by atoms with E-state index in [9.17, 15) is 14.4 Å². The lowest BCUT2D eigenvalue weighted by molar-refractivity contribution is -0.129. The van der Waals surface area contributed by atoms with Crippen LogP contribution >= 0.6 is 0 Å². The van der Waals surface area contributed by atoms with E-state index in [4.69, 9.17) is 4.74 Å². The van der Waals surface area contributed by atoms with Crippen molar-refractivity contribution in [2.24, 2.45) is 0 Å². The summed E-state index contributed by atoms with van der Waals surface area (Å²) in [5.41, 5.74) is 0.618. The lowest BCUT2D eigenvalue weighted by Crippen LogP contribution is -2.53. The summed E-state index contributed by atoms with van der Waals surface area (Å²) >= 11 is 0. The van der Waals surface area contributed by atoms with Gasteiger partial charge in [-0.15, -0.1) is 10.2 Å². The third kappa shape index (κ3) is 7.78. The van der Waals surface area contributed by atoms with E-state index in [1.165, 1.54) is 0 Å². The number of H-pyrrole nitrogens is 1. The Morgan fingerprint density at radius 2 is 1.36 bits per heavy atom. The predicted octanol–water partition coefficient (Wildman–Crippen LogP) is 3.25. The van der Waals surface area contributed by atoms with Crippen molar-refractivity contribution in [2.45, 2.75) is 50.8 Å². The molecule has 11 heteroatoms. The second-order valence-corrected chi connectivity index (χ2v) is 10.7. The van der Waals surface area contributed by atoms with Gasteiger partial charge in [-0.2, -0.15) is 5.21 Å². The van der Waals surface area contributed by atoms with Crippen LogP contribution in [0.2, 0.25) is 0 Å². The third-order valence-electron chi connectivity index (χ3n) is 6.38. The zero-order valence-corrected chi connectivity index (χ0v) is 23.8. The van der Waals surface area contributed by atoms with Crippen LogP contribution in [0.15, 0.2) is 91.0 Å². The molecule has 0 radical (unpaired) electrons. The molecule has 0 saturated carbocycles. The van der Waals surface area contributed by atoms with Crippen LogP contribution in [0, 0.1) is 0 Å². The summed E-state index contributed by atoms with van der Waals surface area (Å²) < 4.78 is 5.38. The molecule has 3 amide bonds. The number of hydrogen-bond acceptors (Lipinski definition) is 7. The fourth-order valence-corrected chi connectivity index (χ4v) is 4.59. The molecule has 11 nitrogen and oxygen atoms in total. The first-order chi connectivity index (χ1) is 20.2. The Morgan fingerprint density at radius 3 is 1.81 bits per heavy atom. The summed E-state index contributed by atoms with van der Waals surface area (Å²) in [7, 11) is 0. The van der Waals surface area contributed by atoms with Gasteiger partial charge < -0.3 is 20.7 Å². The Hall–Kier alpha value is -5.06. The number of benzene rings is 3. The van der Waals surface area contributed by atoms with Gasteiger partial charge in [0.05, 0.1) is 6.42 Å². The molecule has 0 aliphatic carbocycles. The normalized spacial score (nSPS) is 12.2. The van der Waals surface area contributed by atoms with Crippen LogP contribution in [0.4, 0.5) is 4.79 Å². The van der Waals surface area contributed by atoms with E-state index >= 15 is 0 Å². The molecule has 4 aromatic rings. The van der Waals surface area contributed by atoms with Gasteiger partial charge in [-0.05, 0) is 37.5 Å². The lowest BCUT2D eigenvalue weighted by atomic mass is 9.77. The lowest BCUT2D eigenvalue weighted by Gasteiger charge is -2.37. The van der Waals surface area contributed by atoms with Crippen LogP contribution in [0.1, 0.15) is 49.7 Å². The van der Waals surface area contributed by atoms with Crippen LogP contribution < -0.4 is 16.0 Å². The Bertz CT molecular complexity index is 1340. The fourth-order valence-electron chi connectivity index (χ4n) is 4.59. The van der Waals surface area contributed by atoms with Crippen molar-refractivity contribution in [1.29, 1.82) is 0 Å². The average Bonchev–Trinajstić information content (AvgIpc) is 3.49. The monoisotopic (exact) mass is 569 g/mol. The summed E-state index contributed by atoms with van der Waals surface area (Å²) in [5, 5.41) is 22.1. The van der Waals surface area contributed by atoms with Gasteiger partial charge in [0.2, 0.25) is 11.8 Å². The van der Waals surface area contributed by atoms with Gasteiger partial charge in [-0.1, -0.05) is 96.2 Å². The quantitative estimate of drug-likeness (QED) is 0.202. The maximum Gasteiger partial charge on any atom is 0.408 e. The molecule has 4 N–H and O–H groups in total. The highest BCUT2D eigenvalue weighted by Gasteiger charge is 2.39. The Morgan fingerprint density at radius 1 is 0.833 bits per heavy atom.